The van der Waals surface area contributed by atoms with Gasteiger partial charge in [-0.3, -0.25) is 9.59 Å². The van der Waals surface area contributed by atoms with E-state index in [1.807, 2.05) is 52.0 Å². The molecular formula is C21H24BrN3O2S. The number of aryl methyl sites for hydroxylation is 2. The molecule has 0 fully saturated rings. The van der Waals surface area contributed by atoms with Gasteiger partial charge in [-0.1, -0.05) is 6.92 Å². The summed E-state index contributed by atoms with van der Waals surface area (Å²) in [5.41, 5.74) is 4.32. The Morgan fingerprint density at radius 2 is 2.04 bits per heavy atom. The number of hydrogen-bond acceptors (Lipinski definition) is 4. The van der Waals surface area contributed by atoms with Gasteiger partial charge in [0.25, 0.3) is 0 Å². The van der Waals surface area contributed by atoms with Gasteiger partial charge in [0, 0.05) is 6.04 Å². The first-order valence-electron chi connectivity index (χ1n) is 9.32. The molecule has 5 nitrogen and oxygen atoms in total. The molecule has 0 radical (unpaired) electrons. The van der Waals surface area contributed by atoms with E-state index in [1.165, 1.54) is 0 Å². The Morgan fingerprint density at radius 3 is 2.68 bits per heavy atom. The molecular weight excluding hydrogens is 438 g/mol. The number of aliphatic imine (C=N–C) groups is 1. The van der Waals surface area contributed by atoms with E-state index in [-0.39, 0.29) is 30.8 Å². The fraction of sp³-hybridized carbons (Fsp3) is 0.381. The lowest BCUT2D eigenvalue weighted by molar-refractivity contribution is -0.123. The van der Waals surface area contributed by atoms with Crippen LogP contribution in [0.25, 0.3) is 0 Å². The van der Waals surface area contributed by atoms with Crippen molar-refractivity contribution in [3.05, 3.63) is 44.1 Å². The van der Waals surface area contributed by atoms with Gasteiger partial charge >= 0.3 is 0 Å². The molecule has 1 aliphatic heterocycles. The molecule has 3 rings (SSSR count). The van der Waals surface area contributed by atoms with Crippen LogP contribution in [0.5, 0.6) is 0 Å². The number of halogens is 1. The number of carbonyl (C=O) groups excluding carboxylic acids is 2. The van der Waals surface area contributed by atoms with Crippen molar-refractivity contribution >= 4 is 56.2 Å². The first-order chi connectivity index (χ1) is 13.3. The van der Waals surface area contributed by atoms with E-state index in [2.05, 4.69) is 21.2 Å². The molecule has 2 aromatic rings. The number of hydrogen-bond donors (Lipinski definition) is 1. The quantitative estimate of drug-likeness (QED) is 0.687. The van der Waals surface area contributed by atoms with Gasteiger partial charge in [-0.25, -0.2) is 4.99 Å². The zero-order chi connectivity index (χ0) is 20.4. The highest BCUT2D eigenvalue weighted by Gasteiger charge is 2.28. The average molecular weight is 462 g/mol. The van der Waals surface area contributed by atoms with Gasteiger partial charge in [0.1, 0.15) is 6.54 Å². The number of thiophene rings is 1. The highest BCUT2D eigenvalue weighted by molar-refractivity contribution is 9.11. The molecule has 7 heteroatoms. The molecule has 2 amide bonds. The van der Waals surface area contributed by atoms with Gasteiger partial charge in [-0.05, 0) is 78.5 Å². The summed E-state index contributed by atoms with van der Waals surface area (Å²) in [5, 5.41) is 2.95. The molecule has 1 aliphatic rings. The van der Waals surface area contributed by atoms with Crippen LogP contribution in [0.15, 0.2) is 33.0 Å². The molecule has 1 aromatic carbocycles. The molecule has 1 N–H and O–H groups in total. The summed E-state index contributed by atoms with van der Waals surface area (Å²) in [6, 6.07) is 7.94. The number of fused-ring (bicyclic) bond motifs is 1. The highest BCUT2D eigenvalue weighted by Crippen LogP contribution is 2.36. The third-order valence-corrected chi connectivity index (χ3v) is 6.61. The van der Waals surface area contributed by atoms with Crippen LogP contribution in [0.3, 0.4) is 0 Å². The van der Waals surface area contributed by atoms with E-state index >= 15 is 0 Å². The first-order valence-corrected chi connectivity index (χ1v) is 10.9. The fourth-order valence-corrected chi connectivity index (χ4v) is 4.37. The van der Waals surface area contributed by atoms with E-state index < -0.39 is 0 Å². The number of carbonyl (C=O) groups is 2. The summed E-state index contributed by atoms with van der Waals surface area (Å²) in [4.78, 5) is 33.0. The molecule has 1 atom stereocenters. The summed E-state index contributed by atoms with van der Waals surface area (Å²) in [5.74, 6) is -0.279. The number of anilines is 1. The Balaban J connectivity index is 2.01. The number of rotatable bonds is 5. The van der Waals surface area contributed by atoms with E-state index in [0.29, 0.717) is 5.69 Å². The van der Waals surface area contributed by atoms with E-state index in [1.54, 1.807) is 16.2 Å². The Hall–Kier alpha value is -1.99. The molecule has 28 heavy (non-hydrogen) atoms. The molecule has 0 spiro atoms. The smallest absolute Gasteiger partial charge is 0.240 e. The zero-order valence-corrected chi connectivity index (χ0v) is 18.9. The first kappa shape index (κ1) is 20.7. The van der Waals surface area contributed by atoms with Gasteiger partial charge in [0.15, 0.2) is 0 Å². The average Bonchev–Trinajstić information content (AvgIpc) is 3.03. The van der Waals surface area contributed by atoms with E-state index in [9.17, 15) is 9.59 Å². The van der Waals surface area contributed by atoms with Crippen molar-refractivity contribution in [2.75, 3.05) is 11.4 Å². The molecule has 0 unspecified atom stereocenters. The second-order valence-electron chi connectivity index (χ2n) is 7.12. The van der Waals surface area contributed by atoms with Crippen molar-refractivity contribution in [1.29, 1.82) is 0 Å². The minimum atomic E-state index is -0.158. The number of amides is 2. The minimum absolute atomic E-state index is 0.00436. The summed E-state index contributed by atoms with van der Waals surface area (Å²) in [6.45, 7) is 8.00. The van der Waals surface area contributed by atoms with Crippen molar-refractivity contribution in [3.63, 3.8) is 0 Å². The summed E-state index contributed by atoms with van der Waals surface area (Å²) < 4.78 is 0.993. The minimum Gasteiger partial charge on any atom is -0.352 e. The van der Waals surface area contributed by atoms with Crippen molar-refractivity contribution in [2.24, 2.45) is 4.99 Å². The normalized spacial score (nSPS) is 15.0. The topological polar surface area (TPSA) is 61.8 Å². The van der Waals surface area contributed by atoms with Crippen LogP contribution in [-0.4, -0.2) is 30.1 Å². The van der Waals surface area contributed by atoms with Gasteiger partial charge in [-0.15, -0.1) is 11.3 Å². The van der Waals surface area contributed by atoms with Gasteiger partial charge < -0.3 is 10.2 Å². The summed E-state index contributed by atoms with van der Waals surface area (Å²) in [7, 11) is 0. The Bertz CT molecular complexity index is 951. The third kappa shape index (κ3) is 4.52. The molecule has 2 heterocycles. The van der Waals surface area contributed by atoms with Crippen LogP contribution in [0.1, 0.15) is 42.7 Å². The van der Waals surface area contributed by atoms with Gasteiger partial charge in [0.05, 0.1) is 32.2 Å². The molecule has 148 valence electrons. The standard InChI is InChI=1S/C21H24BrN3O2S/c1-5-14(4)23-20(26)11-25-17-9-13(3)12(2)8-15(17)24-16(10-21(25)27)18-6-7-19(22)28-18/h6-9,14H,5,10-11H2,1-4H3,(H,23,26)/t14-/m0/s1. The lowest BCUT2D eigenvalue weighted by atomic mass is 10.1. The number of nitrogens with one attached hydrogen (secondary N) is 1. The summed E-state index contributed by atoms with van der Waals surface area (Å²) in [6.07, 6.45) is 1.01. The van der Waals surface area contributed by atoms with Crippen molar-refractivity contribution in [3.8, 4) is 0 Å². The van der Waals surface area contributed by atoms with Crippen LogP contribution in [0.4, 0.5) is 11.4 Å². The monoisotopic (exact) mass is 461 g/mol. The van der Waals surface area contributed by atoms with E-state index in [0.717, 1.165) is 37.6 Å². The highest BCUT2D eigenvalue weighted by atomic mass is 79.9. The van der Waals surface area contributed by atoms with Crippen LogP contribution >= 0.6 is 27.3 Å². The van der Waals surface area contributed by atoms with Crippen molar-refractivity contribution < 1.29 is 9.59 Å². The second-order valence-corrected chi connectivity index (χ2v) is 9.58. The molecule has 0 bridgehead atoms. The van der Waals surface area contributed by atoms with Crippen LogP contribution in [-0.2, 0) is 9.59 Å². The zero-order valence-electron chi connectivity index (χ0n) is 16.5. The predicted octanol–water partition coefficient (Wildman–Crippen LogP) is 4.90. The number of benzene rings is 1. The predicted molar refractivity (Wildman–Crippen MR) is 119 cm³/mol. The third-order valence-electron chi connectivity index (χ3n) is 4.94. The SMILES string of the molecule is CC[C@H](C)NC(=O)CN1C(=O)CC(c2ccc(Br)s2)=Nc2cc(C)c(C)cc21. The fourth-order valence-electron chi connectivity index (χ4n) is 3.00. The van der Waals surface area contributed by atoms with Crippen LogP contribution in [0.2, 0.25) is 0 Å². The maximum Gasteiger partial charge on any atom is 0.240 e. The van der Waals surface area contributed by atoms with Gasteiger partial charge in [-0.2, -0.15) is 0 Å². The second kappa shape index (κ2) is 8.57. The number of nitrogens with zero attached hydrogens (tertiary/aromatic N) is 2. The van der Waals surface area contributed by atoms with Crippen molar-refractivity contribution in [1.82, 2.24) is 5.32 Å². The van der Waals surface area contributed by atoms with Crippen molar-refractivity contribution in [2.45, 2.75) is 46.6 Å². The lowest BCUT2D eigenvalue weighted by Gasteiger charge is -2.24. The van der Waals surface area contributed by atoms with Crippen LogP contribution in [0, 0.1) is 13.8 Å². The lowest BCUT2D eigenvalue weighted by Crippen LogP contribution is -2.43. The summed E-state index contributed by atoms with van der Waals surface area (Å²) >= 11 is 5.03. The Kier molecular flexibility index (Phi) is 6.35. The van der Waals surface area contributed by atoms with Crippen LogP contribution < -0.4 is 10.2 Å². The molecule has 1 aromatic heterocycles. The maximum atomic E-state index is 13.1. The Labute approximate surface area is 178 Å². The largest absolute Gasteiger partial charge is 0.352 e. The van der Waals surface area contributed by atoms with E-state index in [4.69, 9.17) is 4.99 Å². The molecule has 0 aliphatic carbocycles. The van der Waals surface area contributed by atoms with Gasteiger partial charge in [0.2, 0.25) is 11.8 Å². The molecule has 0 saturated carbocycles. The molecule has 0 saturated heterocycles. The maximum absolute atomic E-state index is 13.1. The Morgan fingerprint density at radius 1 is 1.32 bits per heavy atom.